The Balaban J connectivity index is 1.47. The molecule has 2 aliphatic heterocycles. The number of hydrogen-bond donors (Lipinski definition) is 0. The molecule has 2 saturated heterocycles. The van der Waals surface area contributed by atoms with E-state index in [4.69, 9.17) is 44.9 Å². The van der Waals surface area contributed by atoms with Gasteiger partial charge in [-0.15, -0.1) is 0 Å². The molecule has 9 heteroatoms. The Morgan fingerprint density at radius 3 is 2.61 bits per heavy atom. The first-order valence-corrected chi connectivity index (χ1v) is 11.6. The minimum absolute atomic E-state index is 0.0308. The summed E-state index contributed by atoms with van der Waals surface area (Å²) >= 11 is 19.4. The number of rotatable bonds is 6. The van der Waals surface area contributed by atoms with Crippen LogP contribution in [0.2, 0.25) is 10.0 Å². The number of halogens is 3. The minimum atomic E-state index is -0.314. The zero-order valence-corrected chi connectivity index (χ0v) is 19.4. The molecule has 0 aromatic heterocycles. The lowest BCUT2D eigenvalue weighted by Gasteiger charge is -2.18. The predicted molar refractivity (Wildman–Crippen MR) is 126 cm³/mol. The molecule has 0 saturated carbocycles. The van der Waals surface area contributed by atoms with Crippen molar-refractivity contribution >= 4 is 63.5 Å². The number of thiocarbonyl (C=S) groups is 1. The van der Waals surface area contributed by atoms with E-state index < -0.39 is 0 Å². The number of thioether (sulfide) groups is 1. The molecule has 4 nitrogen and oxygen atoms in total. The standard InChI is InChI=1S/C22H18Cl2FNO3S2/c23-17-8-14(9-18(24)20(17)29-12-13-3-5-15(25)6-4-13)10-19-21(27)26(22(30)31-19)11-16-2-1-7-28-16/h3-6,8-10,16H,1-2,7,11-12H2/b19-10-/t16-/m1/s1. The van der Waals surface area contributed by atoms with Crippen molar-refractivity contribution in [1.82, 2.24) is 4.90 Å². The van der Waals surface area contributed by atoms with E-state index in [0.717, 1.165) is 25.0 Å². The molecule has 2 aromatic carbocycles. The number of carbonyl (C=O) groups excluding carboxylic acids is 1. The third-order valence-electron chi connectivity index (χ3n) is 4.90. The molecule has 162 valence electrons. The maximum absolute atomic E-state index is 13.0. The van der Waals surface area contributed by atoms with Crippen LogP contribution in [0.25, 0.3) is 6.08 Å². The Bertz CT molecular complexity index is 1020. The molecule has 0 N–H and O–H groups in total. The molecule has 1 amide bonds. The van der Waals surface area contributed by atoms with Crippen molar-refractivity contribution in [2.75, 3.05) is 13.2 Å². The van der Waals surface area contributed by atoms with E-state index >= 15 is 0 Å². The summed E-state index contributed by atoms with van der Waals surface area (Å²) in [5.74, 6) is -0.129. The van der Waals surface area contributed by atoms with Crippen LogP contribution >= 0.6 is 47.2 Å². The fraction of sp³-hybridized carbons (Fsp3) is 0.273. The summed E-state index contributed by atoms with van der Waals surface area (Å²) in [6.07, 6.45) is 3.68. The molecule has 31 heavy (non-hydrogen) atoms. The first-order chi connectivity index (χ1) is 14.9. The number of carbonyl (C=O) groups is 1. The summed E-state index contributed by atoms with van der Waals surface area (Å²) in [6, 6.07) is 9.34. The zero-order chi connectivity index (χ0) is 22.0. The predicted octanol–water partition coefficient (Wildman–Crippen LogP) is 6.09. The highest BCUT2D eigenvalue weighted by atomic mass is 35.5. The third kappa shape index (κ3) is 5.41. The van der Waals surface area contributed by atoms with Gasteiger partial charge in [-0.3, -0.25) is 9.69 Å². The van der Waals surface area contributed by atoms with E-state index in [9.17, 15) is 9.18 Å². The van der Waals surface area contributed by atoms with Gasteiger partial charge in [-0.25, -0.2) is 4.39 Å². The highest BCUT2D eigenvalue weighted by Crippen LogP contribution is 2.38. The van der Waals surface area contributed by atoms with Crippen LogP contribution in [0.4, 0.5) is 4.39 Å². The van der Waals surface area contributed by atoms with Gasteiger partial charge in [0.1, 0.15) is 16.7 Å². The molecule has 2 aromatic rings. The summed E-state index contributed by atoms with van der Waals surface area (Å²) in [5.41, 5.74) is 1.45. The monoisotopic (exact) mass is 497 g/mol. The van der Waals surface area contributed by atoms with Gasteiger partial charge in [0.2, 0.25) is 0 Å². The van der Waals surface area contributed by atoms with Crippen LogP contribution in [-0.4, -0.2) is 34.4 Å². The van der Waals surface area contributed by atoms with Gasteiger partial charge in [-0.1, -0.05) is 59.3 Å². The maximum Gasteiger partial charge on any atom is 0.266 e. The summed E-state index contributed by atoms with van der Waals surface area (Å²) in [7, 11) is 0. The van der Waals surface area contributed by atoms with Crippen molar-refractivity contribution in [2.24, 2.45) is 0 Å². The second-order valence-electron chi connectivity index (χ2n) is 7.16. The Labute approximate surface area is 199 Å². The first-order valence-electron chi connectivity index (χ1n) is 9.64. The van der Waals surface area contributed by atoms with Crippen molar-refractivity contribution in [3.8, 4) is 5.75 Å². The topological polar surface area (TPSA) is 38.8 Å². The van der Waals surface area contributed by atoms with Gasteiger partial charge in [0.25, 0.3) is 5.91 Å². The number of ether oxygens (including phenoxy) is 2. The van der Waals surface area contributed by atoms with Crippen molar-refractivity contribution in [2.45, 2.75) is 25.6 Å². The van der Waals surface area contributed by atoms with Gasteiger partial charge in [0.15, 0.2) is 5.75 Å². The van der Waals surface area contributed by atoms with E-state index in [0.29, 0.717) is 37.1 Å². The number of nitrogens with zero attached hydrogens (tertiary/aromatic N) is 1. The highest BCUT2D eigenvalue weighted by molar-refractivity contribution is 8.26. The van der Waals surface area contributed by atoms with Gasteiger partial charge in [0, 0.05) is 6.61 Å². The molecule has 2 fully saturated rings. The lowest BCUT2D eigenvalue weighted by Crippen LogP contribution is -2.35. The summed E-state index contributed by atoms with van der Waals surface area (Å²) in [5, 5.41) is 0.631. The second kappa shape index (κ2) is 9.88. The van der Waals surface area contributed by atoms with Crippen molar-refractivity contribution in [3.63, 3.8) is 0 Å². The average Bonchev–Trinajstić information content (AvgIpc) is 3.33. The summed E-state index contributed by atoms with van der Waals surface area (Å²) in [4.78, 5) is 14.9. The molecule has 2 heterocycles. The Kier molecular flexibility index (Phi) is 7.19. The van der Waals surface area contributed by atoms with Crippen LogP contribution in [0.5, 0.6) is 5.75 Å². The fourth-order valence-corrected chi connectivity index (χ4v) is 5.23. The van der Waals surface area contributed by atoms with Crippen molar-refractivity contribution in [3.05, 3.63) is 68.3 Å². The SMILES string of the molecule is O=C1/C(=C/c2cc(Cl)c(OCc3ccc(F)cc3)c(Cl)c2)SC(=S)N1C[C@H]1CCCO1. The first kappa shape index (κ1) is 22.6. The number of amides is 1. The average molecular weight is 498 g/mol. The molecular weight excluding hydrogens is 480 g/mol. The van der Waals surface area contributed by atoms with Crippen LogP contribution < -0.4 is 4.74 Å². The molecule has 0 bridgehead atoms. The highest BCUT2D eigenvalue weighted by Gasteiger charge is 2.34. The Morgan fingerprint density at radius 1 is 1.26 bits per heavy atom. The smallest absolute Gasteiger partial charge is 0.266 e. The number of hydrogen-bond acceptors (Lipinski definition) is 5. The van der Waals surface area contributed by atoms with E-state index in [1.807, 2.05) is 0 Å². The van der Waals surface area contributed by atoms with E-state index in [2.05, 4.69) is 0 Å². The molecule has 2 aliphatic rings. The van der Waals surface area contributed by atoms with Crippen LogP contribution in [0, 0.1) is 5.82 Å². The molecule has 0 unspecified atom stereocenters. The van der Waals surface area contributed by atoms with Crippen molar-refractivity contribution in [1.29, 1.82) is 0 Å². The van der Waals surface area contributed by atoms with Crippen LogP contribution in [-0.2, 0) is 16.1 Å². The van der Waals surface area contributed by atoms with E-state index in [1.54, 1.807) is 35.2 Å². The van der Waals surface area contributed by atoms with Gasteiger partial charge in [-0.05, 0) is 54.3 Å². The van der Waals surface area contributed by atoms with Gasteiger partial charge < -0.3 is 9.47 Å². The van der Waals surface area contributed by atoms with Crippen molar-refractivity contribution < 1.29 is 18.7 Å². The van der Waals surface area contributed by atoms with E-state index in [-0.39, 0.29) is 24.4 Å². The molecule has 4 rings (SSSR count). The second-order valence-corrected chi connectivity index (χ2v) is 9.65. The van der Waals surface area contributed by atoms with Gasteiger partial charge in [-0.2, -0.15) is 0 Å². The molecule has 0 radical (unpaired) electrons. The minimum Gasteiger partial charge on any atom is -0.486 e. The lowest BCUT2D eigenvalue weighted by molar-refractivity contribution is -0.123. The van der Waals surface area contributed by atoms with Crippen LogP contribution in [0.1, 0.15) is 24.0 Å². The largest absolute Gasteiger partial charge is 0.486 e. The maximum atomic E-state index is 13.0. The Morgan fingerprint density at radius 2 is 1.97 bits per heavy atom. The molecule has 1 atom stereocenters. The fourth-order valence-electron chi connectivity index (χ4n) is 3.34. The zero-order valence-electron chi connectivity index (χ0n) is 16.3. The van der Waals surface area contributed by atoms with E-state index in [1.165, 1.54) is 23.9 Å². The normalized spacial score (nSPS) is 20.2. The lowest BCUT2D eigenvalue weighted by atomic mass is 10.2. The molecular formula is C22H18Cl2FNO3S2. The summed E-state index contributed by atoms with van der Waals surface area (Å²) < 4.78 is 24.9. The van der Waals surface area contributed by atoms with Crippen LogP contribution in [0.3, 0.4) is 0 Å². The Hall–Kier alpha value is -1.64. The quantitative estimate of drug-likeness (QED) is 0.356. The van der Waals surface area contributed by atoms with Crippen LogP contribution in [0.15, 0.2) is 41.3 Å². The van der Waals surface area contributed by atoms with Gasteiger partial charge in [0.05, 0.1) is 27.6 Å². The number of benzene rings is 2. The molecule has 0 spiro atoms. The van der Waals surface area contributed by atoms with Gasteiger partial charge >= 0.3 is 0 Å². The third-order valence-corrected chi connectivity index (χ3v) is 6.84. The summed E-state index contributed by atoms with van der Waals surface area (Å²) in [6.45, 7) is 1.39. The molecule has 0 aliphatic carbocycles.